The molecule has 2 aromatic carbocycles. The molecule has 0 bridgehead atoms. The van der Waals surface area contributed by atoms with E-state index in [1.807, 2.05) is 6.92 Å². The summed E-state index contributed by atoms with van der Waals surface area (Å²) in [4.78, 5) is 23.7. The summed E-state index contributed by atoms with van der Waals surface area (Å²) in [5.41, 5.74) is 0.776. The molecule has 1 atom stereocenters. The molecule has 174 valence electrons. The number of hydrogen-bond donors (Lipinski definition) is 3. The molecule has 3 N–H and O–H groups in total. The summed E-state index contributed by atoms with van der Waals surface area (Å²) in [6.45, 7) is 2.94. The Bertz CT molecular complexity index is 847. The Morgan fingerprint density at radius 1 is 1.06 bits per heavy atom. The van der Waals surface area contributed by atoms with Gasteiger partial charge >= 0.3 is 12.1 Å². The zero-order valence-electron chi connectivity index (χ0n) is 18.0. The predicted molar refractivity (Wildman–Crippen MR) is 117 cm³/mol. The predicted octanol–water partition coefficient (Wildman–Crippen LogP) is 3.36. The number of amides is 1. The van der Waals surface area contributed by atoms with Crippen molar-refractivity contribution in [3.63, 3.8) is 0 Å². The molecule has 0 aromatic heterocycles. The highest BCUT2D eigenvalue weighted by Crippen LogP contribution is 2.15. The van der Waals surface area contributed by atoms with Gasteiger partial charge < -0.3 is 24.6 Å². The summed E-state index contributed by atoms with van der Waals surface area (Å²) in [6.07, 6.45) is 0.259. The van der Waals surface area contributed by atoms with Crippen LogP contribution in [0.15, 0.2) is 48.5 Å². The molecular weight excluding hydrogens is 419 g/mol. The van der Waals surface area contributed by atoms with Crippen LogP contribution in [0.5, 0.6) is 5.75 Å². The number of esters is 1. The number of carbonyl (C=O) groups excluding carboxylic acids is 2. The van der Waals surface area contributed by atoms with Crippen molar-refractivity contribution in [2.75, 3.05) is 38.2 Å². The molecule has 32 heavy (non-hydrogen) atoms. The number of hydrogen-bond acceptors (Lipinski definition) is 7. The van der Waals surface area contributed by atoms with Crippen LogP contribution in [0.4, 0.5) is 14.9 Å². The SMILES string of the molecule is CCCCOC(=O)Nc1ccc(C(=O)OCC(O)CNCCOc2ccccc2F)cc1. The lowest BCUT2D eigenvalue weighted by atomic mass is 10.2. The first-order chi connectivity index (χ1) is 15.5. The maximum absolute atomic E-state index is 13.4. The molecule has 2 rings (SSSR count). The minimum Gasteiger partial charge on any atom is -0.489 e. The Kier molecular flexibility index (Phi) is 11.0. The van der Waals surface area contributed by atoms with Crippen LogP contribution < -0.4 is 15.4 Å². The van der Waals surface area contributed by atoms with Gasteiger partial charge in [-0.05, 0) is 42.8 Å². The molecule has 0 heterocycles. The van der Waals surface area contributed by atoms with E-state index in [1.165, 1.54) is 24.3 Å². The van der Waals surface area contributed by atoms with Crippen molar-refractivity contribution < 1.29 is 33.3 Å². The standard InChI is InChI=1S/C23H29FN2O6/c1-2-3-13-31-23(29)26-18-10-8-17(9-11-18)22(28)32-16-19(27)15-25-12-14-30-21-7-5-4-6-20(21)24/h4-11,19,25,27H,2-3,12-16H2,1H3,(H,26,29). The molecule has 0 aliphatic heterocycles. The molecule has 8 nitrogen and oxygen atoms in total. The molecule has 0 aliphatic carbocycles. The maximum atomic E-state index is 13.4. The van der Waals surface area contributed by atoms with Crippen molar-refractivity contribution in [3.8, 4) is 5.75 Å². The maximum Gasteiger partial charge on any atom is 0.411 e. The van der Waals surface area contributed by atoms with Gasteiger partial charge in [-0.25, -0.2) is 14.0 Å². The Morgan fingerprint density at radius 3 is 2.53 bits per heavy atom. The summed E-state index contributed by atoms with van der Waals surface area (Å²) in [5, 5.41) is 15.4. The van der Waals surface area contributed by atoms with E-state index >= 15 is 0 Å². The van der Waals surface area contributed by atoms with E-state index in [0.29, 0.717) is 18.8 Å². The number of nitrogens with one attached hydrogen (secondary N) is 2. The fourth-order valence-electron chi connectivity index (χ4n) is 2.53. The molecular formula is C23H29FN2O6. The van der Waals surface area contributed by atoms with E-state index in [-0.39, 0.29) is 31.1 Å². The van der Waals surface area contributed by atoms with E-state index in [4.69, 9.17) is 14.2 Å². The number of aliphatic hydroxyl groups is 1. The highest BCUT2D eigenvalue weighted by atomic mass is 19.1. The number of ether oxygens (including phenoxy) is 3. The summed E-state index contributed by atoms with van der Waals surface area (Å²) in [7, 11) is 0. The molecule has 2 aromatic rings. The van der Waals surface area contributed by atoms with Crippen LogP contribution in [-0.2, 0) is 9.47 Å². The largest absolute Gasteiger partial charge is 0.489 e. The van der Waals surface area contributed by atoms with E-state index in [1.54, 1.807) is 24.3 Å². The van der Waals surface area contributed by atoms with Gasteiger partial charge in [0.25, 0.3) is 0 Å². The molecule has 0 saturated heterocycles. The number of unbranched alkanes of at least 4 members (excludes halogenated alkanes) is 1. The average Bonchev–Trinajstić information content (AvgIpc) is 2.79. The molecule has 0 radical (unpaired) electrons. The first kappa shape index (κ1) is 25.1. The van der Waals surface area contributed by atoms with Crippen molar-refractivity contribution in [1.82, 2.24) is 5.32 Å². The normalized spacial score (nSPS) is 11.5. The molecule has 9 heteroatoms. The van der Waals surface area contributed by atoms with Crippen molar-refractivity contribution in [2.45, 2.75) is 25.9 Å². The van der Waals surface area contributed by atoms with Gasteiger partial charge in [0.2, 0.25) is 0 Å². The quantitative estimate of drug-likeness (QED) is 0.319. The molecule has 1 unspecified atom stereocenters. The van der Waals surface area contributed by atoms with Crippen LogP contribution in [0, 0.1) is 5.82 Å². The number of benzene rings is 2. The van der Waals surface area contributed by atoms with Gasteiger partial charge in [-0.2, -0.15) is 0 Å². The lowest BCUT2D eigenvalue weighted by molar-refractivity contribution is 0.0258. The number of rotatable bonds is 13. The average molecular weight is 448 g/mol. The van der Waals surface area contributed by atoms with Gasteiger partial charge in [0, 0.05) is 18.8 Å². The number of aliphatic hydroxyl groups excluding tert-OH is 1. The van der Waals surface area contributed by atoms with Gasteiger partial charge in [-0.3, -0.25) is 5.32 Å². The van der Waals surface area contributed by atoms with Crippen LogP contribution in [0.1, 0.15) is 30.1 Å². The van der Waals surface area contributed by atoms with Crippen LogP contribution >= 0.6 is 0 Å². The van der Waals surface area contributed by atoms with Gasteiger partial charge in [0.05, 0.1) is 12.2 Å². The van der Waals surface area contributed by atoms with E-state index < -0.39 is 24.0 Å². The van der Waals surface area contributed by atoms with E-state index in [0.717, 1.165) is 12.8 Å². The van der Waals surface area contributed by atoms with Crippen molar-refractivity contribution >= 4 is 17.7 Å². The first-order valence-electron chi connectivity index (χ1n) is 10.5. The number of halogens is 1. The van der Waals surface area contributed by atoms with Gasteiger partial charge in [-0.1, -0.05) is 25.5 Å². The first-order valence-corrected chi connectivity index (χ1v) is 10.5. The third-order valence-electron chi connectivity index (χ3n) is 4.26. The van der Waals surface area contributed by atoms with Crippen LogP contribution in [-0.4, -0.2) is 56.2 Å². The number of anilines is 1. The monoisotopic (exact) mass is 448 g/mol. The molecule has 0 fully saturated rings. The number of para-hydroxylation sites is 1. The second-order valence-electron chi connectivity index (χ2n) is 6.93. The molecule has 0 aliphatic rings. The fourth-order valence-corrected chi connectivity index (χ4v) is 2.53. The third-order valence-corrected chi connectivity index (χ3v) is 4.26. The van der Waals surface area contributed by atoms with Crippen molar-refractivity contribution in [1.29, 1.82) is 0 Å². The fraction of sp³-hybridized carbons (Fsp3) is 0.391. The van der Waals surface area contributed by atoms with Crippen molar-refractivity contribution in [2.24, 2.45) is 0 Å². The summed E-state index contributed by atoms with van der Waals surface area (Å²) in [6, 6.07) is 12.2. The summed E-state index contributed by atoms with van der Waals surface area (Å²) in [5.74, 6) is -0.863. The molecule has 0 spiro atoms. The van der Waals surface area contributed by atoms with E-state index in [9.17, 15) is 19.1 Å². The number of carbonyl (C=O) groups is 2. The summed E-state index contributed by atoms with van der Waals surface area (Å²) >= 11 is 0. The zero-order valence-corrected chi connectivity index (χ0v) is 18.0. The Hall–Kier alpha value is -3.17. The van der Waals surface area contributed by atoms with Gasteiger partial charge in [-0.15, -0.1) is 0 Å². The third kappa shape index (κ3) is 9.32. The minimum atomic E-state index is -0.911. The van der Waals surface area contributed by atoms with Crippen molar-refractivity contribution in [3.05, 3.63) is 59.9 Å². The van der Waals surface area contributed by atoms with Crippen LogP contribution in [0.3, 0.4) is 0 Å². The lowest BCUT2D eigenvalue weighted by Gasteiger charge is -2.13. The van der Waals surface area contributed by atoms with Gasteiger partial charge in [0.15, 0.2) is 11.6 Å². The highest BCUT2D eigenvalue weighted by Gasteiger charge is 2.12. The van der Waals surface area contributed by atoms with Crippen LogP contribution in [0.25, 0.3) is 0 Å². The molecule has 0 saturated carbocycles. The smallest absolute Gasteiger partial charge is 0.411 e. The topological polar surface area (TPSA) is 106 Å². The lowest BCUT2D eigenvalue weighted by Crippen LogP contribution is -2.33. The zero-order chi connectivity index (χ0) is 23.2. The van der Waals surface area contributed by atoms with Crippen LogP contribution in [0.2, 0.25) is 0 Å². The highest BCUT2D eigenvalue weighted by molar-refractivity contribution is 5.91. The Labute approximate surface area is 186 Å². The second-order valence-corrected chi connectivity index (χ2v) is 6.93. The summed E-state index contributed by atoms with van der Waals surface area (Å²) < 4.78 is 28.8. The van der Waals surface area contributed by atoms with E-state index in [2.05, 4.69) is 10.6 Å². The Balaban J connectivity index is 1.62. The van der Waals surface area contributed by atoms with Gasteiger partial charge in [0.1, 0.15) is 19.3 Å². The second kappa shape index (κ2) is 14.0. The Morgan fingerprint density at radius 2 is 1.81 bits per heavy atom. The minimum absolute atomic E-state index is 0.165. The molecule has 1 amide bonds.